The van der Waals surface area contributed by atoms with Crippen LogP contribution in [0, 0.1) is 5.41 Å². The van der Waals surface area contributed by atoms with Crippen LogP contribution in [0.4, 0.5) is 0 Å². The fourth-order valence-electron chi connectivity index (χ4n) is 3.85. The number of carbonyl (C=O) groups excluding carboxylic acids is 2. The zero-order valence-electron chi connectivity index (χ0n) is 18.6. The summed E-state index contributed by atoms with van der Waals surface area (Å²) in [4.78, 5) is 26.4. The zero-order valence-corrected chi connectivity index (χ0v) is 18.6. The van der Waals surface area contributed by atoms with Gasteiger partial charge in [0.25, 0.3) is 0 Å². The van der Waals surface area contributed by atoms with Gasteiger partial charge < -0.3 is 20.8 Å². The summed E-state index contributed by atoms with van der Waals surface area (Å²) in [6.07, 6.45) is 0.844. The van der Waals surface area contributed by atoms with Crippen LogP contribution >= 0.6 is 0 Å². The maximum Gasteiger partial charge on any atom is 0.236 e. The molecule has 1 saturated carbocycles. The first-order valence-corrected chi connectivity index (χ1v) is 10.6. The molecule has 6 heteroatoms. The molecule has 3 rings (SSSR count). The molecule has 1 aliphatic carbocycles. The molecule has 0 heterocycles. The van der Waals surface area contributed by atoms with Gasteiger partial charge in [0.2, 0.25) is 11.8 Å². The molecule has 2 aromatic carbocycles. The van der Waals surface area contributed by atoms with E-state index in [1.165, 1.54) is 0 Å². The largest absolute Gasteiger partial charge is 0.388 e. The topological polar surface area (TPSA) is 98.7 Å². The van der Waals surface area contributed by atoms with Gasteiger partial charge in [0.15, 0.2) is 0 Å². The Labute approximate surface area is 183 Å². The Morgan fingerprint density at radius 3 is 1.32 bits per heavy atom. The summed E-state index contributed by atoms with van der Waals surface area (Å²) < 4.78 is 0. The van der Waals surface area contributed by atoms with Crippen LogP contribution < -0.4 is 10.6 Å². The van der Waals surface area contributed by atoms with Crippen LogP contribution in [-0.2, 0) is 9.59 Å². The predicted octanol–water partition coefficient (Wildman–Crippen LogP) is 3.02. The highest BCUT2D eigenvalue weighted by Gasteiger charge is 2.58. The smallest absolute Gasteiger partial charge is 0.236 e. The molecule has 2 atom stereocenters. The summed E-state index contributed by atoms with van der Waals surface area (Å²) in [5, 5.41) is 27.1. The second-order valence-electron chi connectivity index (χ2n) is 9.52. The average Bonchev–Trinajstić information content (AvgIpc) is 3.51. The maximum absolute atomic E-state index is 13.2. The van der Waals surface area contributed by atoms with E-state index in [-0.39, 0.29) is 0 Å². The minimum Gasteiger partial charge on any atom is -0.388 e. The summed E-state index contributed by atoms with van der Waals surface area (Å²) in [6, 6.07) is 17.1. The van der Waals surface area contributed by atoms with Gasteiger partial charge in [-0.3, -0.25) is 9.59 Å². The minimum atomic E-state index is -1.22. The number of benzene rings is 2. The van der Waals surface area contributed by atoms with E-state index in [9.17, 15) is 19.8 Å². The van der Waals surface area contributed by atoms with Gasteiger partial charge in [-0.1, -0.05) is 60.7 Å². The molecule has 31 heavy (non-hydrogen) atoms. The highest BCUT2D eigenvalue weighted by Crippen LogP contribution is 2.47. The van der Waals surface area contributed by atoms with Crippen LogP contribution in [0.25, 0.3) is 0 Å². The molecule has 1 fully saturated rings. The summed E-state index contributed by atoms with van der Waals surface area (Å²) >= 11 is 0. The first-order chi connectivity index (χ1) is 14.4. The molecule has 0 spiro atoms. The van der Waals surface area contributed by atoms with Gasteiger partial charge in [-0.05, 0) is 51.7 Å². The summed E-state index contributed by atoms with van der Waals surface area (Å²) in [7, 11) is 0. The lowest BCUT2D eigenvalue weighted by atomic mass is 9.89. The van der Waals surface area contributed by atoms with Crippen LogP contribution in [-0.4, -0.2) is 33.2 Å². The standard InChI is InChI=1S/C25H32N2O4/c1-23(2,30)19(17-11-7-5-8-12-17)26-21(28)25(15-16-25)22(29)27-20(24(3,4)31)18-13-9-6-10-14-18/h5-14,19-20,30-31H,15-16H2,1-4H3,(H,26,28)(H,27,29)/t19-,20-/m1/s1. The van der Waals surface area contributed by atoms with Crippen molar-refractivity contribution < 1.29 is 19.8 Å². The summed E-state index contributed by atoms with van der Waals surface area (Å²) in [5.74, 6) is -0.827. The Kier molecular flexibility index (Phi) is 6.25. The molecule has 0 aliphatic heterocycles. The minimum absolute atomic E-state index is 0.413. The van der Waals surface area contributed by atoms with E-state index in [0.29, 0.717) is 12.8 Å². The monoisotopic (exact) mass is 424 g/mol. The van der Waals surface area contributed by atoms with Gasteiger partial charge >= 0.3 is 0 Å². The first kappa shape index (κ1) is 23.0. The third kappa shape index (κ3) is 5.14. The van der Waals surface area contributed by atoms with Crippen molar-refractivity contribution >= 4 is 11.8 Å². The number of carbonyl (C=O) groups is 2. The van der Waals surface area contributed by atoms with Gasteiger partial charge in [-0.15, -0.1) is 0 Å². The van der Waals surface area contributed by atoms with Crippen LogP contribution in [0.15, 0.2) is 60.7 Å². The first-order valence-electron chi connectivity index (χ1n) is 10.6. The molecule has 2 aromatic rings. The van der Waals surface area contributed by atoms with Crippen molar-refractivity contribution in [2.24, 2.45) is 5.41 Å². The van der Waals surface area contributed by atoms with E-state index in [1.807, 2.05) is 60.7 Å². The van der Waals surface area contributed by atoms with Crippen molar-refractivity contribution in [3.05, 3.63) is 71.8 Å². The third-order valence-corrected chi connectivity index (χ3v) is 5.85. The predicted molar refractivity (Wildman–Crippen MR) is 119 cm³/mol. The molecular weight excluding hydrogens is 392 g/mol. The lowest BCUT2D eigenvalue weighted by molar-refractivity contribution is -0.140. The maximum atomic E-state index is 13.2. The lowest BCUT2D eigenvalue weighted by Gasteiger charge is -2.34. The lowest BCUT2D eigenvalue weighted by Crippen LogP contribution is -2.51. The molecule has 166 valence electrons. The summed E-state index contributed by atoms with van der Waals surface area (Å²) in [5.41, 5.74) is -2.11. The number of hydrogen-bond donors (Lipinski definition) is 4. The van der Waals surface area contributed by atoms with E-state index >= 15 is 0 Å². The van der Waals surface area contributed by atoms with Gasteiger partial charge in [0, 0.05) is 0 Å². The Morgan fingerprint density at radius 1 is 0.742 bits per heavy atom. The van der Waals surface area contributed by atoms with Gasteiger partial charge in [-0.25, -0.2) is 0 Å². The van der Waals surface area contributed by atoms with Crippen molar-refractivity contribution in [3.63, 3.8) is 0 Å². The fourth-order valence-corrected chi connectivity index (χ4v) is 3.85. The van der Waals surface area contributed by atoms with Gasteiger partial charge in [-0.2, -0.15) is 0 Å². The van der Waals surface area contributed by atoms with Crippen molar-refractivity contribution in [1.82, 2.24) is 10.6 Å². The molecule has 2 amide bonds. The molecule has 4 N–H and O–H groups in total. The van der Waals surface area contributed by atoms with Crippen LogP contribution in [0.5, 0.6) is 0 Å². The highest BCUT2D eigenvalue weighted by atomic mass is 16.3. The second-order valence-corrected chi connectivity index (χ2v) is 9.52. The van der Waals surface area contributed by atoms with E-state index in [2.05, 4.69) is 10.6 Å². The van der Waals surface area contributed by atoms with Crippen molar-refractivity contribution in [2.45, 2.75) is 63.8 Å². The van der Waals surface area contributed by atoms with Crippen LogP contribution in [0.1, 0.15) is 63.7 Å². The SMILES string of the molecule is CC(C)(O)[C@H](NC(=O)C1(C(=O)N[C@H](c2ccccc2)C(C)(C)O)CC1)c1ccccc1. The Bertz CT molecular complexity index is 837. The Balaban J connectivity index is 1.80. The zero-order chi connectivity index (χ0) is 22.9. The molecule has 0 radical (unpaired) electrons. The van der Waals surface area contributed by atoms with Crippen molar-refractivity contribution in [1.29, 1.82) is 0 Å². The molecule has 0 saturated heterocycles. The van der Waals surface area contributed by atoms with Gasteiger partial charge in [0.1, 0.15) is 5.41 Å². The number of nitrogens with one attached hydrogen (secondary N) is 2. The third-order valence-electron chi connectivity index (χ3n) is 5.85. The number of hydrogen-bond acceptors (Lipinski definition) is 4. The van der Waals surface area contributed by atoms with E-state index in [1.54, 1.807) is 27.7 Å². The van der Waals surface area contributed by atoms with Crippen LogP contribution in [0.2, 0.25) is 0 Å². The van der Waals surface area contributed by atoms with Crippen molar-refractivity contribution in [3.8, 4) is 0 Å². The van der Waals surface area contributed by atoms with E-state index < -0.39 is 40.5 Å². The van der Waals surface area contributed by atoms with E-state index in [4.69, 9.17) is 0 Å². The van der Waals surface area contributed by atoms with Crippen molar-refractivity contribution in [2.75, 3.05) is 0 Å². The molecule has 0 aromatic heterocycles. The molecular formula is C25H32N2O4. The molecule has 1 aliphatic rings. The second kappa shape index (κ2) is 8.44. The van der Waals surface area contributed by atoms with E-state index in [0.717, 1.165) is 11.1 Å². The molecule has 6 nitrogen and oxygen atoms in total. The van der Waals surface area contributed by atoms with Gasteiger partial charge in [0.05, 0.1) is 23.3 Å². The average molecular weight is 425 g/mol. The molecule has 0 bridgehead atoms. The Hall–Kier alpha value is -2.70. The quantitative estimate of drug-likeness (QED) is 0.490. The number of rotatable bonds is 8. The molecule has 0 unspecified atom stereocenters. The summed E-state index contributed by atoms with van der Waals surface area (Å²) in [6.45, 7) is 6.52. The Morgan fingerprint density at radius 2 is 1.06 bits per heavy atom. The normalized spacial score (nSPS) is 17.4. The number of aliphatic hydroxyl groups is 2. The fraction of sp³-hybridized carbons (Fsp3) is 0.440. The number of amides is 2. The highest BCUT2D eigenvalue weighted by molar-refractivity contribution is 6.08. The van der Waals surface area contributed by atoms with Crippen LogP contribution in [0.3, 0.4) is 0 Å².